The summed E-state index contributed by atoms with van der Waals surface area (Å²) in [7, 11) is 0. The summed E-state index contributed by atoms with van der Waals surface area (Å²) < 4.78 is 5.72. The van der Waals surface area contributed by atoms with Crippen LogP contribution in [0.25, 0.3) is 0 Å². The van der Waals surface area contributed by atoms with Gasteiger partial charge in [-0.15, -0.1) is 0 Å². The zero-order valence-electron chi connectivity index (χ0n) is 11.4. The lowest BCUT2D eigenvalue weighted by atomic mass is 9.94. The number of rotatable bonds is 3. The lowest BCUT2D eigenvalue weighted by molar-refractivity contribution is -0.151. The minimum atomic E-state index is -0.750. The van der Waals surface area contributed by atoms with Crippen LogP contribution in [0.5, 0.6) is 0 Å². The van der Waals surface area contributed by atoms with Crippen molar-refractivity contribution in [1.29, 1.82) is 0 Å². The Bertz CT molecular complexity index is 358. The smallest absolute Gasteiger partial charge is 0.248 e. The van der Waals surface area contributed by atoms with Gasteiger partial charge in [0.2, 0.25) is 11.8 Å². The minimum absolute atomic E-state index is 0.00718. The summed E-state index contributed by atoms with van der Waals surface area (Å²) in [4.78, 5) is 25.7. The molecule has 18 heavy (non-hydrogen) atoms. The molecule has 3 unspecified atom stereocenters. The highest BCUT2D eigenvalue weighted by Crippen LogP contribution is 2.23. The van der Waals surface area contributed by atoms with Crippen LogP contribution in [0.2, 0.25) is 0 Å². The van der Waals surface area contributed by atoms with Crippen LogP contribution in [0, 0.1) is 0 Å². The van der Waals surface area contributed by atoms with Crippen molar-refractivity contribution in [3.05, 3.63) is 0 Å². The quantitative estimate of drug-likeness (QED) is 0.806. The minimum Gasteiger partial charge on any atom is -0.373 e. The second-order valence-electron chi connectivity index (χ2n) is 5.57. The fourth-order valence-corrected chi connectivity index (χ4v) is 2.65. The third-order valence-electron chi connectivity index (χ3n) is 3.96. The molecule has 2 heterocycles. The van der Waals surface area contributed by atoms with Gasteiger partial charge in [-0.2, -0.15) is 0 Å². The monoisotopic (exact) mass is 254 g/mol. The largest absolute Gasteiger partial charge is 0.373 e. The van der Waals surface area contributed by atoms with Gasteiger partial charge in [-0.25, -0.2) is 0 Å². The first-order valence-electron chi connectivity index (χ1n) is 6.70. The molecule has 0 radical (unpaired) electrons. The molecule has 0 aromatic rings. The van der Waals surface area contributed by atoms with Crippen molar-refractivity contribution in [3.8, 4) is 0 Å². The molecular formula is C13H22N2O3. The van der Waals surface area contributed by atoms with Crippen LogP contribution in [-0.2, 0) is 14.3 Å². The molecule has 2 rings (SSSR count). The maximum atomic E-state index is 12.3. The summed E-state index contributed by atoms with van der Waals surface area (Å²) in [6, 6.07) is 0. The molecule has 0 spiro atoms. The Morgan fingerprint density at radius 3 is 2.72 bits per heavy atom. The highest BCUT2D eigenvalue weighted by molar-refractivity contribution is 5.97. The number of nitrogens with one attached hydrogen (secondary N) is 1. The van der Waals surface area contributed by atoms with Crippen molar-refractivity contribution in [3.63, 3.8) is 0 Å². The van der Waals surface area contributed by atoms with Crippen molar-refractivity contribution in [2.45, 2.75) is 57.8 Å². The van der Waals surface area contributed by atoms with E-state index >= 15 is 0 Å². The van der Waals surface area contributed by atoms with Crippen molar-refractivity contribution < 1.29 is 14.3 Å². The standard InChI is InChI=1S/C13H22N2O3/c1-4-13(3)12(17)15(8-11(16)14-13)7-10-6-5-9(2)18-10/h9-10H,4-8H2,1-3H3,(H,14,16). The average molecular weight is 254 g/mol. The van der Waals surface area contributed by atoms with Crippen LogP contribution in [0.4, 0.5) is 0 Å². The third-order valence-corrected chi connectivity index (χ3v) is 3.96. The number of carbonyl (C=O) groups is 2. The lowest BCUT2D eigenvalue weighted by Crippen LogP contribution is -2.65. The predicted molar refractivity (Wildman–Crippen MR) is 67.0 cm³/mol. The Kier molecular flexibility index (Phi) is 3.61. The summed E-state index contributed by atoms with van der Waals surface area (Å²) in [5.41, 5.74) is -0.750. The summed E-state index contributed by atoms with van der Waals surface area (Å²) in [5, 5.41) is 2.78. The molecule has 2 aliphatic heterocycles. The second kappa shape index (κ2) is 4.88. The predicted octanol–water partition coefficient (Wildman–Crippen LogP) is 0.681. The molecule has 2 fully saturated rings. The van der Waals surface area contributed by atoms with Crippen LogP contribution >= 0.6 is 0 Å². The van der Waals surface area contributed by atoms with E-state index in [2.05, 4.69) is 5.32 Å². The summed E-state index contributed by atoms with van der Waals surface area (Å²) in [6.07, 6.45) is 2.95. The molecule has 2 aliphatic rings. The van der Waals surface area contributed by atoms with E-state index in [1.54, 1.807) is 11.8 Å². The molecular weight excluding hydrogens is 232 g/mol. The zero-order chi connectivity index (χ0) is 13.3. The molecule has 0 saturated carbocycles. The SMILES string of the molecule is CCC1(C)NC(=O)CN(CC2CCC(C)O2)C1=O. The van der Waals surface area contributed by atoms with Crippen LogP contribution in [0.3, 0.4) is 0 Å². The summed E-state index contributed by atoms with van der Waals surface area (Å²) in [6.45, 7) is 6.43. The van der Waals surface area contributed by atoms with E-state index in [0.29, 0.717) is 13.0 Å². The molecule has 5 heteroatoms. The second-order valence-corrected chi connectivity index (χ2v) is 5.57. The summed E-state index contributed by atoms with van der Waals surface area (Å²) in [5.74, 6) is -0.0715. The Labute approximate surface area is 108 Å². The molecule has 2 amide bonds. The molecule has 0 aromatic carbocycles. The van der Waals surface area contributed by atoms with Crippen LogP contribution in [-0.4, -0.2) is 47.6 Å². The molecule has 0 aliphatic carbocycles. The topological polar surface area (TPSA) is 58.6 Å². The Hall–Kier alpha value is -1.10. The first-order chi connectivity index (χ1) is 8.44. The molecule has 1 N–H and O–H groups in total. The van der Waals surface area contributed by atoms with Crippen molar-refractivity contribution in [2.75, 3.05) is 13.1 Å². The molecule has 0 aromatic heterocycles. The molecule has 3 atom stereocenters. The third kappa shape index (κ3) is 2.51. The van der Waals surface area contributed by atoms with E-state index in [1.807, 2.05) is 13.8 Å². The van der Waals surface area contributed by atoms with Crippen molar-refractivity contribution in [2.24, 2.45) is 0 Å². The van der Waals surface area contributed by atoms with E-state index in [1.165, 1.54) is 0 Å². The lowest BCUT2D eigenvalue weighted by Gasteiger charge is -2.40. The maximum absolute atomic E-state index is 12.3. The first kappa shape index (κ1) is 13.3. The van der Waals surface area contributed by atoms with Crippen molar-refractivity contribution in [1.82, 2.24) is 10.2 Å². The van der Waals surface area contributed by atoms with Crippen LogP contribution < -0.4 is 5.32 Å². The normalized spacial score (nSPS) is 36.9. The van der Waals surface area contributed by atoms with Gasteiger partial charge in [0.15, 0.2) is 0 Å². The highest BCUT2D eigenvalue weighted by atomic mass is 16.5. The maximum Gasteiger partial charge on any atom is 0.248 e. The number of piperazine rings is 1. The van der Waals surface area contributed by atoms with Gasteiger partial charge < -0.3 is 15.0 Å². The average Bonchev–Trinajstić information content (AvgIpc) is 2.71. The van der Waals surface area contributed by atoms with E-state index in [-0.39, 0.29) is 30.6 Å². The van der Waals surface area contributed by atoms with Gasteiger partial charge in [-0.3, -0.25) is 9.59 Å². The molecule has 2 saturated heterocycles. The van der Waals surface area contributed by atoms with Gasteiger partial charge >= 0.3 is 0 Å². The van der Waals surface area contributed by atoms with E-state index in [0.717, 1.165) is 12.8 Å². The van der Waals surface area contributed by atoms with E-state index < -0.39 is 5.54 Å². The summed E-state index contributed by atoms with van der Waals surface area (Å²) >= 11 is 0. The van der Waals surface area contributed by atoms with Gasteiger partial charge in [-0.1, -0.05) is 6.92 Å². The van der Waals surface area contributed by atoms with E-state index in [4.69, 9.17) is 4.74 Å². The Balaban J connectivity index is 2.03. The van der Waals surface area contributed by atoms with Gasteiger partial charge in [0.1, 0.15) is 5.54 Å². The van der Waals surface area contributed by atoms with Crippen molar-refractivity contribution >= 4 is 11.8 Å². The first-order valence-corrected chi connectivity index (χ1v) is 6.70. The zero-order valence-corrected chi connectivity index (χ0v) is 11.4. The number of hydrogen-bond acceptors (Lipinski definition) is 3. The Morgan fingerprint density at radius 2 is 2.17 bits per heavy atom. The van der Waals surface area contributed by atoms with Gasteiger partial charge in [0.25, 0.3) is 0 Å². The number of hydrogen-bond donors (Lipinski definition) is 1. The molecule has 102 valence electrons. The number of ether oxygens (including phenoxy) is 1. The van der Waals surface area contributed by atoms with Crippen LogP contribution in [0.1, 0.15) is 40.0 Å². The highest BCUT2D eigenvalue weighted by Gasteiger charge is 2.42. The van der Waals surface area contributed by atoms with Gasteiger partial charge in [0, 0.05) is 6.54 Å². The number of carbonyl (C=O) groups excluding carboxylic acids is 2. The van der Waals surface area contributed by atoms with Crippen LogP contribution in [0.15, 0.2) is 0 Å². The fraction of sp³-hybridized carbons (Fsp3) is 0.846. The van der Waals surface area contributed by atoms with Gasteiger partial charge in [-0.05, 0) is 33.1 Å². The van der Waals surface area contributed by atoms with Gasteiger partial charge in [0.05, 0.1) is 18.8 Å². The fourth-order valence-electron chi connectivity index (χ4n) is 2.65. The van der Waals surface area contributed by atoms with E-state index in [9.17, 15) is 9.59 Å². The molecule has 5 nitrogen and oxygen atoms in total. The Morgan fingerprint density at radius 1 is 1.44 bits per heavy atom. The molecule has 0 bridgehead atoms. The number of amides is 2. The number of nitrogens with zero attached hydrogens (tertiary/aromatic N) is 1.